The Morgan fingerprint density at radius 1 is 1.10 bits per heavy atom. The quantitative estimate of drug-likeness (QED) is 0.347. The lowest BCUT2D eigenvalue weighted by Gasteiger charge is -2.17. The van der Waals surface area contributed by atoms with Gasteiger partial charge in [0, 0.05) is 19.2 Å². The number of halogens is 1. The average Bonchev–Trinajstić information content (AvgIpc) is 2.70. The van der Waals surface area contributed by atoms with Crippen molar-refractivity contribution in [3.05, 3.63) is 59.7 Å². The molecule has 0 spiro atoms. The molecule has 0 aliphatic rings. The minimum absolute atomic E-state index is 0. The largest absolute Gasteiger partial charge is 0.482 e. The molecule has 0 saturated carbocycles. The smallest absolute Gasteiger partial charge is 0.343 e. The van der Waals surface area contributed by atoms with Crippen LogP contribution in [0, 0.1) is 5.41 Å². The van der Waals surface area contributed by atoms with Gasteiger partial charge in [0.05, 0.1) is 12.0 Å². The lowest BCUT2D eigenvalue weighted by molar-refractivity contribution is -0.142. The Morgan fingerprint density at radius 2 is 1.69 bits per heavy atom. The Labute approximate surface area is 176 Å². The van der Waals surface area contributed by atoms with Gasteiger partial charge in [-0.1, -0.05) is 12.1 Å². The zero-order chi connectivity index (χ0) is 20.7. The van der Waals surface area contributed by atoms with Crippen molar-refractivity contribution in [1.82, 2.24) is 4.31 Å². The van der Waals surface area contributed by atoms with Crippen LogP contribution in [0.4, 0.5) is 0 Å². The molecular formula is C19H24ClN3O5S. The summed E-state index contributed by atoms with van der Waals surface area (Å²) in [5.41, 5.74) is 6.79. The van der Waals surface area contributed by atoms with Gasteiger partial charge in [-0.3, -0.25) is 5.41 Å². The fourth-order valence-corrected chi connectivity index (χ4v) is 3.52. The number of nitrogens with two attached hydrogens (primary N) is 1. The number of ether oxygens (including phenoxy) is 2. The molecule has 0 unspecified atom stereocenters. The van der Waals surface area contributed by atoms with E-state index in [1.165, 1.54) is 42.7 Å². The van der Waals surface area contributed by atoms with Crippen LogP contribution in [0.2, 0.25) is 0 Å². The first-order valence-electron chi connectivity index (χ1n) is 8.43. The van der Waals surface area contributed by atoms with Crippen molar-refractivity contribution in [1.29, 1.82) is 5.41 Å². The fourth-order valence-electron chi connectivity index (χ4n) is 2.35. The molecule has 0 aliphatic heterocycles. The van der Waals surface area contributed by atoms with Crippen LogP contribution < -0.4 is 10.5 Å². The number of nitrogens with one attached hydrogen (secondary N) is 1. The number of carbonyl (C=O) groups is 1. The Hall–Kier alpha value is -2.62. The molecule has 2 aromatic rings. The molecule has 3 N–H and O–H groups in total. The van der Waals surface area contributed by atoms with Crippen LogP contribution in [0.15, 0.2) is 53.4 Å². The summed E-state index contributed by atoms with van der Waals surface area (Å²) in [6, 6.07) is 13.0. The Kier molecular flexibility index (Phi) is 9.09. The third kappa shape index (κ3) is 6.74. The van der Waals surface area contributed by atoms with Gasteiger partial charge in [-0.05, 0) is 48.4 Å². The highest BCUT2D eigenvalue weighted by Crippen LogP contribution is 2.17. The normalized spacial score (nSPS) is 10.9. The van der Waals surface area contributed by atoms with Gasteiger partial charge < -0.3 is 15.2 Å². The first-order chi connectivity index (χ1) is 13.2. The van der Waals surface area contributed by atoms with Gasteiger partial charge in [0.1, 0.15) is 11.6 Å². The maximum atomic E-state index is 12.6. The van der Waals surface area contributed by atoms with Gasteiger partial charge in [-0.25, -0.2) is 17.5 Å². The number of sulfonamides is 1. The molecule has 0 radical (unpaired) electrons. The lowest BCUT2D eigenvalue weighted by Crippen LogP contribution is -2.29. The highest BCUT2D eigenvalue weighted by Gasteiger charge is 2.20. The molecule has 29 heavy (non-hydrogen) atoms. The van der Waals surface area contributed by atoms with Crippen LogP contribution in [0.3, 0.4) is 0 Å². The molecule has 0 aliphatic carbocycles. The Balaban J connectivity index is 0.00000420. The van der Waals surface area contributed by atoms with Crippen molar-refractivity contribution < 1.29 is 22.7 Å². The minimum Gasteiger partial charge on any atom is -0.482 e. The fraction of sp³-hybridized carbons (Fsp3) is 0.263. The van der Waals surface area contributed by atoms with Gasteiger partial charge >= 0.3 is 5.97 Å². The van der Waals surface area contributed by atoms with E-state index in [4.69, 9.17) is 15.9 Å². The molecule has 8 nitrogen and oxygen atoms in total. The minimum atomic E-state index is -3.63. The number of amidine groups is 1. The van der Waals surface area contributed by atoms with Crippen LogP contribution in [0.5, 0.6) is 5.75 Å². The van der Waals surface area contributed by atoms with E-state index in [1.807, 2.05) is 12.1 Å². The standard InChI is InChI=1S/C19H23N3O5S.ClH/c1-22(28(24,25)17-9-5-15(6-10-17)19(20)21)12-11-14-3-7-16(8-4-14)27-13-18(23)26-2;/h3-10H,11-13H2,1-2H3,(H3,20,21);1H. The van der Waals surface area contributed by atoms with Gasteiger partial charge in [0.25, 0.3) is 0 Å². The van der Waals surface area contributed by atoms with E-state index in [9.17, 15) is 13.2 Å². The van der Waals surface area contributed by atoms with Gasteiger partial charge in [-0.2, -0.15) is 0 Å². The first-order valence-corrected chi connectivity index (χ1v) is 9.87. The molecule has 0 bridgehead atoms. The van der Waals surface area contributed by atoms with Crippen molar-refractivity contribution in [3.63, 3.8) is 0 Å². The maximum Gasteiger partial charge on any atom is 0.343 e. The summed E-state index contributed by atoms with van der Waals surface area (Å²) in [7, 11) is -0.830. The second-order valence-corrected chi connectivity index (χ2v) is 8.07. The summed E-state index contributed by atoms with van der Waals surface area (Å²) in [5, 5.41) is 7.37. The molecule has 0 fully saturated rings. The molecule has 2 rings (SSSR count). The van der Waals surface area contributed by atoms with Crippen molar-refractivity contribution in [2.75, 3.05) is 27.3 Å². The molecule has 0 atom stereocenters. The van der Waals surface area contributed by atoms with Crippen molar-refractivity contribution in [3.8, 4) is 5.75 Å². The number of hydrogen-bond donors (Lipinski definition) is 2. The predicted molar refractivity (Wildman–Crippen MR) is 112 cm³/mol. The van der Waals surface area contributed by atoms with E-state index in [0.29, 0.717) is 24.3 Å². The van der Waals surface area contributed by atoms with Crippen LogP contribution in [-0.4, -0.2) is 51.8 Å². The summed E-state index contributed by atoms with van der Waals surface area (Å²) in [6.45, 7) is 0.123. The Bertz CT molecular complexity index is 931. The Morgan fingerprint density at radius 3 is 2.21 bits per heavy atom. The molecule has 158 valence electrons. The van der Waals surface area contributed by atoms with E-state index in [0.717, 1.165) is 5.56 Å². The summed E-state index contributed by atoms with van der Waals surface area (Å²) in [4.78, 5) is 11.2. The van der Waals surface area contributed by atoms with Crippen molar-refractivity contribution >= 4 is 34.2 Å². The van der Waals surface area contributed by atoms with Gasteiger partial charge in [0.2, 0.25) is 10.0 Å². The van der Waals surface area contributed by atoms with Crippen LogP contribution in [-0.2, 0) is 26.0 Å². The van der Waals surface area contributed by atoms with Crippen molar-refractivity contribution in [2.45, 2.75) is 11.3 Å². The highest BCUT2D eigenvalue weighted by atomic mass is 35.5. The summed E-state index contributed by atoms with van der Waals surface area (Å²) in [6.07, 6.45) is 0.512. The second kappa shape index (κ2) is 10.8. The lowest BCUT2D eigenvalue weighted by atomic mass is 10.1. The first kappa shape index (κ1) is 24.4. The van der Waals surface area contributed by atoms with Gasteiger partial charge in [0.15, 0.2) is 6.61 Å². The zero-order valence-electron chi connectivity index (χ0n) is 16.1. The third-order valence-corrected chi connectivity index (χ3v) is 5.97. The van der Waals surface area contributed by atoms with E-state index in [1.54, 1.807) is 12.1 Å². The molecule has 2 aromatic carbocycles. The van der Waals surface area contributed by atoms with E-state index in [2.05, 4.69) is 4.74 Å². The summed E-state index contributed by atoms with van der Waals surface area (Å²) < 4.78 is 36.3. The summed E-state index contributed by atoms with van der Waals surface area (Å²) in [5.74, 6) is -0.0516. The molecule has 0 amide bonds. The SMILES string of the molecule is COC(=O)COc1ccc(CCN(C)S(=O)(=O)c2ccc(C(=N)N)cc2)cc1.Cl. The number of hydrogen-bond acceptors (Lipinski definition) is 6. The van der Waals surface area contributed by atoms with Crippen LogP contribution in [0.1, 0.15) is 11.1 Å². The van der Waals surface area contributed by atoms with E-state index >= 15 is 0 Å². The number of benzene rings is 2. The number of methoxy groups -OCH3 is 1. The predicted octanol–water partition coefficient (Wildman–Crippen LogP) is 1.81. The highest BCUT2D eigenvalue weighted by molar-refractivity contribution is 7.89. The molecule has 0 aromatic heterocycles. The average molecular weight is 442 g/mol. The number of rotatable bonds is 9. The zero-order valence-corrected chi connectivity index (χ0v) is 17.8. The molecule has 0 heterocycles. The molecule has 10 heteroatoms. The van der Waals surface area contributed by atoms with Crippen LogP contribution >= 0.6 is 12.4 Å². The third-order valence-electron chi connectivity index (χ3n) is 4.10. The molecular weight excluding hydrogens is 418 g/mol. The van der Waals surface area contributed by atoms with Crippen molar-refractivity contribution in [2.24, 2.45) is 5.73 Å². The van der Waals surface area contributed by atoms with E-state index in [-0.39, 0.29) is 29.7 Å². The maximum absolute atomic E-state index is 12.6. The number of nitrogen functional groups attached to an aromatic ring is 1. The second-order valence-electron chi connectivity index (χ2n) is 6.02. The number of esters is 1. The molecule has 0 saturated heterocycles. The monoisotopic (exact) mass is 441 g/mol. The van der Waals surface area contributed by atoms with Crippen LogP contribution in [0.25, 0.3) is 0 Å². The number of nitrogens with zero attached hydrogens (tertiary/aromatic N) is 1. The number of carbonyl (C=O) groups excluding carboxylic acids is 1. The van der Waals surface area contributed by atoms with Gasteiger partial charge in [-0.15, -0.1) is 12.4 Å². The summed E-state index contributed by atoms with van der Waals surface area (Å²) >= 11 is 0. The number of likely N-dealkylation sites (N-methyl/N-ethyl adjacent to an activating group) is 1. The topological polar surface area (TPSA) is 123 Å². The van der Waals surface area contributed by atoms with E-state index < -0.39 is 16.0 Å².